The summed E-state index contributed by atoms with van der Waals surface area (Å²) in [5.41, 5.74) is 5.83. The third kappa shape index (κ3) is 3.70. The second-order valence-electron chi connectivity index (χ2n) is 7.46. The van der Waals surface area contributed by atoms with Gasteiger partial charge in [0.2, 0.25) is 0 Å². The topological polar surface area (TPSA) is 59.8 Å². The quantitative estimate of drug-likeness (QED) is 0.661. The van der Waals surface area contributed by atoms with E-state index < -0.39 is 0 Å². The molecule has 0 bridgehead atoms. The van der Waals surface area contributed by atoms with Gasteiger partial charge in [-0.3, -0.25) is 9.36 Å². The summed E-state index contributed by atoms with van der Waals surface area (Å²) < 4.78 is 2.02. The van der Waals surface area contributed by atoms with Crippen LogP contribution in [-0.4, -0.2) is 27.0 Å². The lowest BCUT2D eigenvalue weighted by Gasteiger charge is -2.14. The molecule has 1 amide bonds. The first kappa shape index (κ1) is 18.4. The zero-order chi connectivity index (χ0) is 19.5. The lowest BCUT2D eigenvalue weighted by atomic mass is 9.97. The van der Waals surface area contributed by atoms with E-state index in [1.54, 1.807) is 6.20 Å². The fourth-order valence-corrected chi connectivity index (χ4v) is 3.88. The molecule has 1 N–H and O–H groups in total. The van der Waals surface area contributed by atoms with Crippen LogP contribution in [0, 0.1) is 13.8 Å². The Morgan fingerprint density at radius 1 is 1.21 bits per heavy atom. The molecule has 28 heavy (non-hydrogen) atoms. The van der Waals surface area contributed by atoms with Crippen LogP contribution in [0.4, 0.5) is 0 Å². The molecule has 3 aromatic rings. The van der Waals surface area contributed by atoms with Gasteiger partial charge in [-0.25, -0.2) is 9.97 Å². The van der Waals surface area contributed by atoms with Crippen LogP contribution in [0.3, 0.4) is 0 Å². The maximum Gasteiger partial charge on any atom is 0.251 e. The van der Waals surface area contributed by atoms with Crippen LogP contribution < -0.4 is 5.32 Å². The molecule has 0 saturated heterocycles. The third-order valence-electron chi connectivity index (χ3n) is 5.41. The van der Waals surface area contributed by atoms with Gasteiger partial charge in [-0.15, -0.1) is 0 Å². The number of aryl methyl sites for hydroxylation is 2. The highest BCUT2D eigenvalue weighted by atomic mass is 16.1. The van der Waals surface area contributed by atoms with Gasteiger partial charge in [-0.1, -0.05) is 17.7 Å². The molecule has 0 atom stereocenters. The summed E-state index contributed by atoms with van der Waals surface area (Å²) in [6.07, 6.45) is 9.96. The molecule has 0 aliphatic heterocycles. The number of amides is 1. The van der Waals surface area contributed by atoms with Crippen LogP contribution in [0.5, 0.6) is 0 Å². The Morgan fingerprint density at radius 3 is 2.93 bits per heavy atom. The molecule has 5 heteroatoms. The van der Waals surface area contributed by atoms with Crippen molar-refractivity contribution in [2.75, 3.05) is 6.54 Å². The fourth-order valence-electron chi connectivity index (χ4n) is 3.88. The van der Waals surface area contributed by atoms with Crippen molar-refractivity contribution in [3.8, 4) is 5.69 Å². The van der Waals surface area contributed by atoms with Crippen LogP contribution in [0.25, 0.3) is 16.9 Å². The molecule has 2 aromatic heterocycles. The first-order valence-electron chi connectivity index (χ1n) is 10.0. The second-order valence-corrected chi connectivity index (χ2v) is 7.46. The normalized spacial score (nSPS) is 14.1. The molecule has 1 aliphatic carbocycles. The average Bonchev–Trinajstić information content (AvgIpc) is 3.05. The van der Waals surface area contributed by atoms with Gasteiger partial charge in [0, 0.05) is 18.3 Å². The van der Waals surface area contributed by atoms with E-state index in [9.17, 15) is 4.79 Å². The minimum Gasteiger partial charge on any atom is -0.352 e. The lowest BCUT2D eigenvalue weighted by Crippen LogP contribution is -2.25. The highest BCUT2D eigenvalue weighted by Crippen LogP contribution is 2.23. The molecule has 1 aromatic carbocycles. The Morgan fingerprint density at radius 2 is 2.11 bits per heavy atom. The predicted molar refractivity (Wildman–Crippen MR) is 112 cm³/mol. The smallest absolute Gasteiger partial charge is 0.251 e. The van der Waals surface area contributed by atoms with E-state index in [-0.39, 0.29) is 5.91 Å². The summed E-state index contributed by atoms with van der Waals surface area (Å²) in [4.78, 5) is 21.8. The number of nitrogens with one attached hydrogen (secondary N) is 1. The molecule has 0 radical (unpaired) electrons. The number of carbonyl (C=O) groups excluding carboxylic acids is 1. The van der Waals surface area contributed by atoms with Crippen molar-refractivity contribution >= 4 is 17.1 Å². The Balaban J connectivity index is 1.56. The van der Waals surface area contributed by atoms with Crippen LogP contribution in [0.2, 0.25) is 0 Å². The summed E-state index contributed by atoms with van der Waals surface area (Å²) in [5, 5.41) is 3.07. The number of carbonyl (C=O) groups is 1. The number of benzene rings is 1. The minimum atomic E-state index is -0.0345. The Kier molecular flexibility index (Phi) is 5.24. The third-order valence-corrected chi connectivity index (χ3v) is 5.41. The predicted octanol–water partition coefficient (Wildman–Crippen LogP) is 4.66. The van der Waals surface area contributed by atoms with Gasteiger partial charge in [0.05, 0.1) is 5.69 Å². The zero-order valence-electron chi connectivity index (χ0n) is 16.5. The summed E-state index contributed by atoms with van der Waals surface area (Å²) >= 11 is 0. The Labute approximate surface area is 165 Å². The number of nitrogens with zero attached hydrogens (tertiary/aromatic N) is 3. The maximum absolute atomic E-state index is 12.7. The number of imidazole rings is 1. The molecule has 0 saturated carbocycles. The highest BCUT2D eigenvalue weighted by molar-refractivity contribution is 5.95. The first-order chi connectivity index (χ1) is 13.6. The minimum absolute atomic E-state index is 0.0345. The average molecular weight is 374 g/mol. The summed E-state index contributed by atoms with van der Waals surface area (Å²) in [7, 11) is 0. The van der Waals surface area contributed by atoms with E-state index in [1.807, 2.05) is 48.7 Å². The number of allylic oxidation sites excluding steroid dienone is 1. The second kappa shape index (κ2) is 7.97. The van der Waals surface area contributed by atoms with Gasteiger partial charge in [0.1, 0.15) is 11.3 Å². The number of pyridine rings is 1. The number of rotatable bonds is 5. The van der Waals surface area contributed by atoms with E-state index in [4.69, 9.17) is 0 Å². The van der Waals surface area contributed by atoms with Crippen LogP contribution in [0.1, 0.15) is 53.8 Å². The largest absolute Gasteiger partial charge is 0.352 e. The number of fused-ring (bicyclic) bond motifs is 1. The van der Waals surface area contributed by atoms with Gasteiger partial charge < -0.3 is 5.32 Å². The Hall–Kier alpha value is -2.95. The van der Waals surface area contributed by atoms with Gasteiger partial charge in [0.25, 0.3) is 5.91 Å². The standard InChI is InChI=1S/C23H26N4O/c1-16-10-11-19(23(28)25-14-12-18-7-4-3-5-8-18)15-21(16)27-17(2)26-20-9-6-13-24-22(20)27/h6-7,9-11,13,15H,3-5,8,12,14H2,1-2H3,(H,25,28). The molecular formula is C23H26N4O. The van der Waals surface area contributed by atoms with E-state index in [1.165, 1.54) is 31.3 Å². The van der Waals surface area contributed by atoms with Crippen molar-refractivity contribution in [2.45, 2.75) is 46.0 Å². The van der Waals surface area contributed by atoms with E-state index in [0.29, 0.717) is 12.1 Å². The first-order valence-corrected chi connectivity index (χ1v) is 10.0. The molecule has 2 heterocycles. The van der Waals surface area contributed by atoms with Crippen molar-refractivity contribution in [1.29, 1.82) is 0 Å². The SMILES string of the molecule is Cc1ccc(C(=O)NCCC2=CCCCC2)cc1-n1c(C)nc2cccnc21. The highest BCUT2D eigenvalue weighted by Gasteiger charge is 2.15. The molecular weight excluding hydrogens is 348 g/mol. The van der Waals surface area contributed by atoms with Crippen molar-refractivity contribution in [2.24, 2.45) is 0 Å². The van der Waals surface area contributed by atoms with Crippen LogP contribution in [0.15, 0.2) is 48.2 Å². The van der Waals surface area contributed by atoms with Crippen LogP contribution >= 0.6 is 0 Å². The number of hydrogen-bond donors (Lipinski definition) is 1. The molecule has 144 valence electrons. The zero-order valence-corrected chi connectivity index (χ0v) is 16.5. The molecule has 0 spiro atoms. The number of aromatic nitrogens is 3. The summed E-state index contributed by atoms with van der Waals surface area (Å²) in [6, 6.07) is 9.65. The van der Waals surface area contributed by atoms with Crippen LogP contribution in [-0.2, 0) is 0 Å². The summed E-state index contributed by atoms with van der Waals surface area (Å²) in [6.45, 7) is 4.69. The van der Waals surface area contributed by atoms with Crippen molar-refractivity contribution < 1.29 is 4.79 Å². The molecule has 0 fully saturated rings. The fraction of sp³-hybridized carbons (Fsp3) is 0.348. The van der Waals surface area contributed by atoms with Crippen molar-refractivity contribution in [3.63, 3.8) is 0 Å². The lowest BCUT2D eigenvalue weighted by molar-refractivity contribution is 0.0954. The van der Waals surface area contributed by atoms with Gasteiger partial charge in [0.15, 0.2) is 5.65 Å². The molecule has 4 rings (SSSR count). The number of hydrogen-bond acceptors (Lipinski definition) is 3. The van der Waals surface area contributed by atoms with Gasteiger partial charge >= 0.3 is 0 Å². The Bertz CT molecular complexity index is 1050. The van der Waals surface area contributed by atoms with E-state index >= 15 is 0 Å². The molecule has 5 nitrogen and oxygen atoms in total. The van der Waals surface area contributed by atoms with Crippen molar-refractivity contribution in [1.82, 2.24) is 19.9 Å². The maximum atomic E-state index is 12.7. The summed E-state index contributed by atoms with van der Waals surface area (Å²) in [5.74, 6) is 0.825. The molecule has 1 aliphatic rings. The van der Waals surface area contributed by atoms with Gasteiger partial charge in [-0.05, 0) is 75.8 Å². The van der Waals surface area contributed by atoms with E-state index in [2.05, 4.69) is 21.4 Å². The molecule has 0 unspecified atom stereocenters. The van der Waals surface area contributed by atoms with E-state index in [0.717, 1.165) is 34.7 Å². The van der Waals surface area contributed by atoms with Gasteiger partial charge in [-0.2, -0.15) is 0 Å². The monoisotopic (exact) mass is 374 g/mol. The van der Waals surface area contributed by atoms with Crippen molar-refractivity contribution in [3.05, 3.63) is 65.1 Å².